The highest BCUT2D eigenvalue weighted by molar-refractivity contribution is 7.89. The van der Waals surface area contributed by atoms with Crippen molar-refractivity contribution in [3.05, 3.63) is 24.3 Å². The Morgan fingerprint density at radius 1 is 1.16 bits per heavy atom. The number of carbonyl (C=O) groups excluding carboxylic acids is 1. The van der Waals surface area contributed by atoms with Crippen molar-refractivity contribution < 1.29 is 22.7 Å². The van der Waals surface area contributed by atoms with E-state index in [4.69, 9.17) is 9.47 Å². The third-order valence-corrected chi connectivity index (χ3v) is 5.23. The van der Waals surface area contributed by atoms with Crippen LogP contribution in [0.1, 0.15) is 40.5 Å². The molecule has 0 amide bonds. The minimum Gasteiger partial charge on any atom is -0.494 e. The average molecular weight is 371 g/mol. The summed E-state index contributed by atoms with van der Waals surface area (Å²) in [6.07, 6.45) is 1.98. The van der Waals surface area contributed by atoms with Crippen LogP contribution in [0.2, 0.25) is 0 Å². The van der Waals surface area contributed by atoms with Crippen molar-refractivity contribution in [1.82, 2.24) is 4.31 Å². The molecule has 0 radical (unpaired) electrons. The summed E-state index contributed by atoms with van der Waals surface area (Å²) in [5, 5.41) is 0. The second-order valence-electron chi connectivity index (χ2n) is 6.17. The molecule has 0 aliphatic heterocycles. The van der Waals surface area contributed by atoms with E-state index in [1.54, 1.807) is 19.1 Å². The van der Waals surface area contributed by atoms with Gasteiger partial charge in [-0.1, -0.05) is 27.2 Å². The van der Waals surface area contributed by atoms with Crippen molar-refractivity contribution in [3.8, 4) is 5.75 Å². The van der Waals surface area contributed by atoms with Crippen LogP contribution >= 0.6 is 0 Å². The molecule has 0 N–H and O–H groups in total. The number of hydrogen-bond donors (Lipinski definition) is 0. The number of esters is 1. The van der Waals surface area contributed by atoms with Crippen LogP contribution in [0.4, 0.5) is 0 Å². The predicted molar refractivity (Wildman–Crippen MR) is 97.1 cm³/mol. The highest BCUT2D eigenvalue weighted by atomic mass is 32.2. The van der Waals surface area contributed by atoms with Gasteiger partial charge in [0.2, 0.25) is 10.0 Å². The summed E-state index contributed by atoms with van der Waals surface area (Å²) in [4.78, 5) is 11.9. The van der Waals surface area contributed by atoms with Crippen LogP contribution in [0.3, 0.4) is 0 Å². The third-order valence-electron chi connectivity index (χ3n) is 3.41. The molecule has 0 aliphatic rings. The van der Waals surface area contributed by atoms with Gasteiger partial charge >= 0.3 is 5.97 Å². The zero-order valence-electron chi connectivity index (χ0n) is 15.5. The Kier molecular flexibility index (Phi) is 8.92. The van der Waals surface area contributed by atoms with Crippen molar-refractivity contribution in [2.45, 2.75) is 45.4 Å². The molecule has 0 saturated heterocycles. The number of hydrogen-bond acceptors (Lipinski definition) is 5. The fourth-order valence-electron chi connectivity index (χ4n) is 2.20. The number of carbonyl (C=O) groups is 1. The van der Waals surface area contributed by atoms with Gasteiger partial charge in [-0.2, -0.15) is 4.31 Å². The molecule has 0 spiro atoms. The van der Waals surface area contributed by atoms with Gasteiger partial charge in [-0.05, 0) is 43.5 Å². The zero-order chi connectivity index (χ0) is 18.9. The van der Waals surface area contributed by atoms with Crippen molar-refractivity contribution in [1.29, 1.82) is 0 Å². The van der Waals surface area contributed by atoms with Crippen LogP contribution in [0.15, 0.2) is 29.2 Å². The molecule has 142 valence electrons. The predicted octanol–water partition coefficient (Wildman–Crippen LogP) is 3.08. The summed E-state index contributed by atoms with van der Waals surface area (Å²) in [6.45, 7) is 8.35. The van der Waals surface area contributed by atoms with Crippen molar-refractivity contribution >= 4 is 16.0 Å². The molecule has 0 unspecified atom stereocenters. The van der Waals surface area contributed by atoms with E-state index >= 15 is 0 Å². The molecule has 7 heteroatoms. The largest absolute Gasteiger partial charge is 0.494 e. The van der Waals surface area contributed by atoms with Gasteiger partial charge in [-0.3, -0.25) is 4.79 Å². The molecule has 1 aromatic rings. The first-order valence-electron chi connectivity index (χ1n) is 8.69. The molecule has 0 heterocycles. The Bertz CT molecular complexity index is 625. The van der Waals surface area contributed by atoms with E-state index in [0.717, 1.165) is 12.8 Å². The SMILES string of the molecule is CCCCOc1ccc(S(=O)(=O)N(CC(=O)OCC)CC(C)C)cc1. The molecule has 25 heavy (non-hydrogen) atoms. The molecular weight excluding hydrogens is 342 g/mol. The molecule has 1 aromatic carbocycles. The summed E-state index contributed by atoms with van der Waals surface area (Å²) < 4.78 is 37.3. The van der Waals surface area contributed by atoms with Gasteiger partial charge in [-0.15, -0.1) is 0 Å². The van der Waals surface area contributed by atoms with Crippen LogP contribution < -0.4 is 4.74 Å². The first-order valence-corrected chi connectivity index (χ1v) is 10.1. The fourth-order valence-corrected chi connectivity index (χ4v) is 3.74. The van der Waals surface area contributed by atoms with Crippen LogP contribution in [0.25, 0.3) is 0 Å². The molecule has 0 aromatic heterocycles. The molecule has 0 bridgehead atoms. The highest BCUT2D eigenvalue weighted by Gasteiger charge is 2.27. The van der Waals surface area contributed by atoms with Crippen molar-refractivity contribution in [2.24, 2.45) is 5.92 Å². The maximum absolute atomic E-state index is 12.9. The second-order valence-corrected chi connectivity index (χ2v) is 8.11. The summed E-state index contributed by atoms with van der Waals surface area (Å²) in [6, 6.07) is 6.30. The van der Waals surface area contributed by atoms with Crippen LogP contribution in [-0.4, -0.2) is 45.0 Å². The standard InChI is InChI=1S/C18H29NO5S/c1-5-7-12-24-16-8-10-17(11-9-16)25(21,22)19(13-15(3)4)14-18(20)23-6-2/h8-11,15H,5-7,12-14H2,1-4H3. The van der Waals surface area contributed by atoms with Gasteiger partial charge in [0.25, 0.3) is 0 Å². The summed E-state index contributed by atoms with van der Waals surface area (Å²) in [5.74, 6) is 0.167. The molecule has 0 aliphatic carbocycles. The lowest BCUT2D eigenvalue weighted by Crippen LogP contribution is -2.38. The van der Waals surface area contributed by atoms with Gasteiger partial charge in [-0.25, -0.2) is 8.42 Å². The molecule has 1 rings (SSSR count). The molecule has 0 atom stereocenters. The topological polar surface area (TPSA) is 72.9 Å². The Labute approximate surface area is 151 Å². The highest BCUT2D eigenvalue weighted by Crippen LogP contribution is 2.21. The van der Waals surface area contributed by atoms with E-state index in [1.165, 1.54) is 16.4 Å². The maximum Gasteiger partial charge on any atom is 0.321 e. The average Bonchev–Trinajstić information content (AvgIpc) is 2.55. The normalized spacial score (nSPS) is 11.8. The number of unbranched alkanes of at least 4 members (excludes halogenated alkanes) is 1. The zero-order valence-corrected chi connectivity index (χ0v) is 16.3. The van der Waals surface area contributed by atoms with Crippen LogP contribution in [0, 0.1) is 5.92 Å². The Morgan fingerprint density at radius 2 is 1.80 bits per heavy atom. The summed E-state index contributed by atoms with van der Waals surface area (Å²) in [7, 11) is -3.77. The monoisotopic (exact) mass is 371 g/mol. The van der Waals surface area contributed by atoms with E-state index in [2.05, 4.69) is 6.92 Å². The van der Waals surface area contributed by atoms with Crippen molar-refractivity contribution in [3.63, 3.8) is 0 Å². The summed E-state index contributed by atoms with van der Waals surface area (Å²) in [5.41, 5.74) is 0. The number of ether oxygens (including phenoxy) is 2. The van der Waals surface area contributed by atoms with E-state index < -0.39 is 16.0 Å². The maximum atomic E-state index is 12.9. The van der Waals surface area contributed by atoms with Crippen LogP contribution in [-0.2, 0) is 19.6 Å². The van der Waals surface area contributed by atoms with Gasteiger partial charge in [0.15, 0.2) is 0 Å². The number of benzene rings is 1. The van der Waals surface area contributed by atoms with Crippen LogP contribution in [0.5, 0.6) is 5.75 Å². The lowest BCUT2D eigenvalue weighted by atomic mass is 10.2. The quantitative estimate of drug-likeness (QED) is 0.441. The minimum atomic E-state index is -3.77. The lowest BCUT2D eigenvalue weighted by molar-refractivity contribution is -0.143. The summed E-state index contributed by atoms with van der Waals surface area (Å²) >= 11 is 0. The Hall–Kier alpha value is -1.60. The smallest absolute Gasteiger partial charge is 0.321 e. The molecular formula is C18H29NO5S. The minimum absolute atomic E-state index is 0.0841. The number of rotatable bonds is 11. The first kappa shape index (κ1) is 21.4. The fraction of sp³-hybridized carbons (Fsp3) is 0.611. The van der Waals surface area contributed by atoms with E-state index in [1.807, 2.05) is 13.8 Å². The third kappa shape index (κ3) is 7.04. The molecule has 6 nitrogen and oxygen atoms in total. The van der Waals surface area contributed by atoms with Gasteiger partial charge < -0.3 is 9.47 Å². The number of sulfonamides is 1. The second kappa shape index (κ2) is 10.4. The molecule has 0 fully saturated rings. The van der Waals surface area contributed by atoms with Gasteiger partial charge in [0.1, 0.15) is 12.3 Å². The van der Waals surface area contributed by atoms with Gasteiger partial charge in [0, 0.05) is 6.54 Å². The van der Waals surface area contributed by atoms with Crippen molar-refractivity contribution in [2.75, 3.05) is 26.3 Å². The molecule has 0 saturated carbocycles. The van der Waals surface area contributed by atoms with E-state index in [-0.39, 0.29) is 30.5 Å². The Morgan fingerprint density at radius 3 is 2.32 bits per heavy atom. The van der Waals surface area contributed by atoms with E-state index in [0.29, 0.717) is 12.4 Å². The Balaban J connectivity index is 2.93. The number of nitrogens with zero attached hydrogens (tertiary/aromatic N) is 1. The lowest BCUT2D eigenvalue weighted by Gasteiger charge is -2.23. The van der Waals surface area contributed by atoms with Gasteiger partial charge in [0.05, 0.1) is 18.1 Å². The first-order chi connectivity index (χ1) is 11.8. The van der Waals surface area contributed by atoms with E-state index in [9.17, 15) is 13.2 Å².